The van der Waals surface area contributed by atoms with Crippen LogP contribution in [0.2, 0.25) is 0 Å². The number of carbonyl (C=O) groups is 2. The van der Waals surface area contributed by atoms with Gasteiger partial charge >= 0.3 is 0 Å². The molecular formula is C20H25N5O3. The lowest BCUT2D eigenvalue weighted by Crippen LogP contribution is -2.39. The SMILES string of the molecule is NC(=O)c1cc(C2CCCCN2C(=O)c2ccc(N3CCOCC3)cc2)[nH]n1. The first-order valence-electron chi connectivity index (χ1n) is 9.72. The fraction of sp³-hybridized carbons (Fsp3) is 0.450. The molecular weight excluding hydrogens is 358 g/mol. The summed E-state index contributed by atoms with van der Waals surface area (Å²) in [6, 6.07) is 9.31. The van der Waals surface area contributed by atoms with Crippen LogP contribution >= 0.6 is 0 Å². The van der Waals surface area contributed by atoms with Crippen LogP contribution < -0.4 is 10.6 Å². The van der Waals surface area contributed by atoms with Gasteiger partial charge in [0, 0.05) is 30.9 Å². The maximum atomic E-state index is 13.2. The summed E-state index contributed by atoms with van der Waals surface area (Å²) < 4.78 is 5.39. The van der Waals surface area contributed by atoms with Gasteiger partial charge < -0.3 is 20.3 Å². The van der Waals surface area contributed by atoms with Crippen LogP contribution in [0.4, 0.5) is 5.69 Å². The third-order valence-corrected chi connectivity index (χ3v) is 5.46. The molecule has 2 saturated heterocycles. The number of anilines is 1. The highest BCUT2D eigenvalue weighted by molar-refractivity contribution is 5.95. The van der Waals surface area contributed by atoms with Crippen molar-refractivity contribution >= 4 is 17.5 Å². The lowest BCUT2D eigenvalue weighted by Gasteiger charge is -2.35. The number of rotatable bonds is 4. The Morgan fingerprint density at radius 3 is 2.54 bits per heavy atom. The van der Waals surface area contributed by atoms with Crippen LogP contribution in [0.3, 0.4) is 0 Å². The van der Waals surface area contributed by atoms with Crippen LogP contribution in [0, 0.1) is 0 Å². The van der Waals surface area contributed by atoms with Crippen LogP contribution in [0.5, 0.6) is 0 Å². The highest BCUT2D eigenvalue weighted by Crippen LogP contribution is 2.31. The molecule has 148 valence electrons. The second kappa shape index (κ2) is 8.02. The molecule has 2 fully saturated rings. The molecule has 0 aliphatic carbocycles. The minimum atomic E-state index is -0.574. The van der Waals surface area contributed by atoms with Gasteiger partial charge in [-0.15, -0.1) is 0 Å². The minimum absolute atomic E-state index is 0.00606. The summed E-state index contributed by atoms with van der Waals surface area (Å²) in [6.45, 7) is 3.87. The van der Waals surface area contributed by atoms with Gasteiger partial charge in [0.05, 0.1) is 24.9 Å². The number of piperidine rings is 1. The summed E-state index contributed by atoms with van der Waals surface area (Å²) in [5.74, 6) is -0.580. The number of nitrogens with two attached hydrogens (primary N) is 1. The molecule has 1 aromatic heterocycles. The molecule has 28 heavy (non-hydrogen) atoms. The van der Waals surface area contributed by atoms with Gasteiger partial charge in [0.15, 0.2) is 0 Å². The molecule has 2 aliphatic heterocycles. The van der Waals surface area contributed by atoms with E-state index in [0.29, 0.717) is 12.1 Å². The molecule has 1 aromatic carbocycles. The number of hydrogen-bond donors (Lipinski definition) is 2. The number of aromatic amines is 1. The van der Waals surface area contributed by atoms with Crippen LogP contribution in [0.25, 0.3) is 0 Å². The Morgan fingerprint density at radius 2 is 1.86 bits per heavy atom. The standard InChI is InChI=1S/C20H25N5O3/c21-19(26)17-13-16(22-23-17)18-3-1-2-8-25(18)20(27)14-4-6-15(7-5-14)24-9-11-28-12-10-24/h4-7,13,18H,1-3,8-12H2,(H2,21,26)(H,22,23). The summed E-state index contributed by atoms with van der Waals surface area (Å²) >= 11 is 0. The van der Waals surface area contributed by atoms with Gasteiger partial charge in [-0.3, -0.25) is 14.7 Å². The predicted octanol–water partition coefficient (Wildman–Crippen LogP) is 1.71. The van der Waals surface area contributed by atoms with Crippen LogP contribution in [-0.2, 0) is 4.74 Å². The number of primary amides is 1. The van der Waals surface area contributed by atoms with Crippen molar-refractivity contribution in [2.45, 2.75) is 25.3 Å². The number of aromatic nitrogens is 2. The molecule has 8 heteroatoms. The minimum Gasteiger partial charge on any atom is -0.378 e. The van der Waals surface area contributed by atoms with Gasteiger partial charge in [-0.25, -0.2) is 0 Å². The van der Waals surface area contributed by atoms with Crippen molar-refractivity contribution in [3.8, 4) is 0 Å². The number of morpholine rings is 1. The third kappa shape index (κ3) is 3.73. The Balaban J connectivity index is 1.52. The van der Waals surface area contributed by atoms with E-state index < -0.39 is 5.91 Å². The number of nitrogens with one attached hydrogen (secondary N) is 1. The fourth-order valence-electron chi connectivity index (χ4n) is 3.93. The van der Waals surface area contributed by atoms with Crippen molar-refractivity contribution in [1.29, 1.82) is 0 Å². The number of hydrogen-bond acceptors (Lipinski definition) is 5. The summed E-state index contributed by atoms with van der Waals surface area (Å²) in [6.07, 6.45) is 2.82. The van der Waals surface area contributed by atoms with Crippen molar-refractivity contribution in [2.24, 2.45) is 5.73 Å². The number of H-pyrrole nitrogens is 1. The number of nitrogens with zero attached hydrogens (tertiary/aromatic N) is 3. The van der Waals surface area contributed by atoms with Gasteiger partial charge in [-0.2, -0.15) is 5.10 Å². The fourth-order valence-corrected chi connectivity index (χ4v) is 3.93. The first kappa shape index (κ1) is 18.5. The highest BCUT2D eigenvalue weighted by atomic mass is 16.5. The third-order valence-electron chi connectivity index (χ3n) is 5.46. The Morgan fingerprint density at radius 1 is 1.11 bits per heavy atom. The van der Waals surface area contributed by atoms with E-state index in [2.05, 4.69) is 15.1 Å². The summed E-state index contributed by atoms with van der Waals surface area (Å²) in [5.41, 5.74) is 8.03. The van der Waals surface area contributed by atoms with E-state index in [9.17, 15) is 9.59 Å². The van der Waals surface area contributed by atoms with Crippen molar-refractivity contribution in [2.75, 3.05) is 37.7 Å². The number of carbonyl (C=O) groups excluding carboxylic acids is 2. The number of likely N-dealkylation sites (tertiary alicyclic amines) is 1. The molecule has 0 spiro atoms. The molecule has 0 saturated carbocycles. The first-order chi connectivity index (χ1) is 13.6. The number of ether oxygens (including phenoxy) is 1. The second-order valence-corrected chi connectivity index (χ2v) is 7.23. The molecule has 3 N–H and O–H groups in total. The average molecular weight is 383 g/mol. The Labute approximate surface area is 163 Å². The molecule has 2 amide bonds. The maximum absolute atomic E-state index is 13.2. The van der Waals surface area contributed by atoms with Gasteiger partial charge in [0.25, 0.3) is 11.8 Å². The quantitative estimate of drug-likeness (QED) is 0.836. The molecule has 0 radical (unpaired) electrons. The number of amides is 2. The van der Waals surface area contributed by atoms with Crippen LogP contribution in [0.15, 0.2) is 30.3 Å². The maximum Gasteiger partial charge on any atom is 0.269 e. The van der Waals surface area contributed by atoms with E-state index in [-0.39, 0.29) is 17.6 Å². The monoisotopic (exact) mass is 383 g/mol. The van der Waals surface area contributed by atoms with E-state index >= 15 is 0 Å². The van der Waals surface area contributed by atoms with Crippen molar-refractivity contribution in [3.05, 3.63) is 47.3 Å². The Hall–Kier alpha value is -2.87. The van der Waals surface area contributed by atoms with E-state index in [1.807, 2.05) is 29.2 Å². The van der Waals surface area contributed by atoms with Crippen molar-refractivity contribution < 1.29 is 14.3 Å². The van der Waals surface area contributed by atoms with Gasteiger partial charge in [-0.1, -0.05) is 0 Å². The average Bonchev–Trinajstić information content (AvgIpc) is 3.25. The predicted molar refractivity (Wildman–Crippen MR) is 104 cm³/mol. The summed E-state index contributed by atoms with van der Waals surface area (Å²) in [4.78, 5) is 28.6. The van der Waals surface area contributed by atoms with Gasteiger partial charge in [0.2, 0.25) is 0 Å². The summed E-state index contributed by atoms with van der Waals surface area (Å²) in [5, 5.41) is 6.85. The van der Waals surface area contributed by atoms with Crippen molar-refractivity contribution in [3.63, 3.8) is 0 Å². The molecule has 1 atom stereocenters. The molecule has 2 aliphatic rings. The molecule has 8 nitrogen and oxygen atoms in total. The zero-order valence-corrected chi connectivity index (χ0v) is 15.8. The number of benzene rings is 1. The van der Waals surface area contributed by atoms with Crippen LogP contribution in [0.1, 0.15) is 51.8 Å². The van der Waals surface area contributed by atoms with E-state index in [1.165, 1.54) is 0 Å². The topological polar surface area (TPSA) is 105 Å². The van der Waals surface area contributed by atoms with Gasteiger partial charge in [0.1, 0.15) is 5.69 Å². The Bertz CT molecular complexity index is 842. The molecule has 2 aromatic rings. The highest BCUT2D eigenvalue weighted by Gasteiger charge is 2.30. The van der Waals surface area contributed by atoms with Crippen LogP contribution in [-0.4, -0.2) is 59.8 Å². The van der Waals surface area contributed by atoms with Gasteiger partial charge in [-0.05, 0) is 49.6 Å². The Kier molecular flexibility index (Phi) is 5.29. The normalized spacial score (nSPS) is 20.2. The van der Waals surface area contributed by atoms with E-state index in [1.54, 1.807) is 6.07 Å². The molecule has 1 unspecified atom stereocenters. The lowest BCUT2D eigenvalue weighted by molar-refractivity contribution is 0.0606. The molecule has 3 heterocycles. The van der Waals surface area contributed by atoms with E-state index in [0.717, 1.165) is 56.9 Å². The van der Waals surface area contributed by atoms with Crippen molar-refractivity contribution in [1.82, 2.24) is 15.1 Å². The smallest absolute Gasteiger partial charge is 0.269 e. The first-order valence-corrected chi connectivity index (χ1v) is 9.72. The zero-order valence-electron chi connectivity index (χ0n) is 15.8. The molecule has 4 rings (SSSR count). The largest absolute Gasteiger partial charge is 0.378 e. The van der Waals surface area contributed by atoms with E-state index in [4.69, 9.17) is 10.5 Å². The summed E-state index contributed by atoms with van der Waals surface area (Å²) in [7, 11) is 0. The second-order valence-electron chi connectivity index (χ2n) is 7.23. The zero-order chi connectivity index (χ0) is 19.5. The lowest BCUT2D eigenvalue weighted by atomic mass is 9.98. The molecule has 0 bridgehead atoms.